The molecule has 1 aliphatic heterocycles. The van der Waals surface area contributed by atoms with E-state index in [2.05, 4.69) is 10.6 Å². The van der Waals surface area contributed by atoms with E-state index < -0.39 is 42.0 Å². The number of nitrogens with two attached hydrogens (primary N) is 2. The van der Waals surface area contributed by atoms with E-state index >= 15 is 0 Å². The van der Waals surface area contributed by atoms with Crippen LogP contribution < -0.4 is 22.1 Å². The first-order chi connectivity index (χ1) is 19.2. The Hall–Kier alpha value is -3.96. The molecule has 4 atom stereocenters. The van der Waals surface area contributed by atoms with Gasteiger partial charge in [0.1, 0.15) is 23.9 Å². The predicted molar refractivity (Wildman–Crippen MR) is 149 cm³/mol. The lowest BCUT2D eigenvalue weighted by Gasteiger charge is -2.29. The Morgan fingerprint density at radius 3 is 2.23 bits per heavy atom. The summed E-state index contributed by atoms with van der Waals surface area (Å²) >= 11 is 0. The van der Waals surface area contributed by atoms with Crippen LogP contribution in [0.25, 0.3) is 0 Å². The van der Waals surface area contributed by atoms with Gasteiger partial charge in [0.2, 0.25) is 17.7 Å². The third kappa shape index (κ3) is 8.78. The van der Waals surface area contributed by atoms with Gasteiger partial charge in [-0.1, -0.05) is 48.9 Å². The number of hydrogen-bond acceptors (Lipinski definition) is 7. The monoisotopic (exact) mass is 553 g/mol. The third-order valence-corrected chi connectivity index (χ3v) is 7.03. The molecule has 40 heavy (non-hydrogen) atoms. The number of carboxylic acid groups (broad SMARTS) is 1. The van der Waals surface area contributed by atoms with E-state index in [1.165, 1.54) is 17.0 Å². The number of amides is 3. The Kier molecular flexibility index (Phi) is 11.5. The molecule has 2 aromatic carbocycles. The van der Waals surface area contributed by atoms with Crippen LogP contribution in [-0.2, 0) is 32.0 Å². The van der Waals surface area contributed by atoms with Crippen LogP contribution >= 0.6 is 0 Å². The minimum atomic E-state index is -1.26. The lowest BCUT2D eigenvalue weighted by Crippen LogP contribution is -2.57. The summed E-state index contributed by atoms with van der Waals surface area (Å²) in [6, 6.07) is 11.2. The summed E-state index contributed by atoms with van der Waals surface area (Å²) in [5.41, 5.74) is 13.0. The van der Waals surface area contributed by atoms with Crippen molar-refractivity contribution in [2.75, 3.05) is 13.1 Å². The van der Waals surface area contributed by atoms with Crippen LogP contribution in [0.1, 0.15) is 43.2 Å². The van der Waals surface area contributed by atoms with E-state index in [0.29, 0.717) is 44.3 Å². The molecule has 11 nitrogen and oxygen atoms in total. The van der Waals surface area contributed by atoms with Gasteiger partial charge in [-0.15, -0.1) is 0 Å². The highest BCUT2D eigenvalue weighted by Crippen LogP contribution is 2.20. The molecule has 0 radical (unpaired) electrons. The molecule has 4 unspecified atom stereocenters. The van der Waals surface area contributed by atoms with Gasteiger partial charge >= 0.3 is 5.97 Å². The third-order valence-electron chi connectivity index (χ3n) is 7.03. The van der Waals surface area contributed by atoms with Crippen molar-refractivity contribution in [3.05, 3.63) is 65.7 Å². The van der Waals surface area contributed by atoms with Gasteiger partial charge in [0.05, 0.1) is 6.04 Å². The zero-order chi connectivity index (χ0) is 29.1. The van der Waals surface area contributed by atoms with Gasteiger partial charge in [-0.3, -0.25) is 14.4 Å². The molecule has 1 saturated heterocycles. The van der Waals surface area contributed by atoms with Crippen molar-refractivity contribution in [1.29, 1.82) is 0 Å². The smallest absolute Gasteiger partial charge is 0.326 e. The van der Waals surface area contributed by atoms with E-state index in [9.17, 15) is 29.4 Å². The molecule has 3 rings (SSSR count). The predicted octanol–water partition coefficient (Wildman–Crippen LogP) is 0.679. The van der Waals surface area contributed by atoms with Gasteiger partial charge < -0.3 is 37.2 Å². The summed E-state index contributed by atoms with van der Waals surface area (Å²) in [7, 11) is 0. The topological polar surface area (TPSA) is 188 Å². The maximum absolute atomic E-state index is 13.4. The highest BCUT2D eigenvalue weighted by molar-refractivity contribution is 5.94. The maximum atomic E-state index is 13.4. The van der Waals surface area contributed by atoms with E-state index in [4.69, 9.17) is 11.5 Å². The molecule has 11 heteroatoms. The van der Waals surface area contributed by atoms with Crippen LogP contribution in [0.3, 0.4) is 0 Å². The SMILES string of the molecule is NCCCCC(N)C(=O)N1CCCC1C(=O)NC(Cc1ccccc1)C(=O)NC(Cc1ccc(O)cc1)C(=O)O. The molecule has 0 bridgehead atoms. The van der Waals surface area contributed by atoms with Crippen molar-refractivity contribution in [2.24, 2.45) is 11.5 Å². The Balaban J connectivity index is 1.73. The number of likely N-dealkylation sites (tertiary alicyclic amines) is 1. The number of hydrogen-bond donors (Lipinski definition) is 6. The number of phenols is 1. The van der Waals surface area contributed by atoms with Crippen molar-refractivity contribution in [3.8, 4) is 5.75 Å². The van der Waals surface area contributed by atoms with Crippen LogP contribution in [-0.4, -0.2) is 76.1 Å². The summed E-state index contributed by atoms with van der Waals surface area (Å²) in [5, 5.41) is 24.6. The Labute approximate surface area is 233 Å². The van der Waals surface area contributed by atoms with Gasteiger partial charge in [-0.2, -0.15) is 0 Å². The number of carbonyl (C=O) groups excluding carboxylic acids is 3. The lowest BCUT2D eigenvalue weighted by atomic mass is 10.0. The van der Waals surface area contributed by atoms with Crippen LogP contribution in [0.5, 0.6) is 5.75 Å². The van der Waals surface area contributed by atoms with Gasteiger partial charge in [-0.25, -0.2) is 4.79 Å². The van der Waals surface area contributed by atoms with Crippen molar-refractivity contribution in [3.63, 3.8) is 0 Å². The molecule has 3 amide bonds. The maximum Gasteiger partial charge on any atom is 0.326 e. The van der Waals surface area contributed by atoms with Crippen LogP contribution in [0, 0.1) is 0 Å². The van der Waals surface area contributed by atoms with Gasteiger partial charge in [0, 0.05) is 19.4 Å². The number of unbranched alkanes of at least 4 members (excludes halogenated alkanes) is 1. The van der Waals surface area contributed by atoms with E-state index in [0.717, 1.165) is 12.0 Å². The van der Waals surface area contributed by atoms with Crippen LogP contribution in [0.4, 0.5) is 0 Å². The van der Waals surface area contributed by atoms with Crippen molar-refractivity contribution >= 4 is 23.7 Å². The number of aromatic hydroxyl groups is 1. The average Bonchev–Trinajstić information content (AvgIpc) is 3.44. The number of phenolic OH excluding ortho intramolecular Hbond substituents is 1. The average molecular weight is 554 g/mol. The Morgan fingerprint density at radius 1 is 0.925 bits per heavy atom. The summed E-state index contributed by atoms with van der Waals surface area (Å²) < 4.78 is 0. The quantitative estimate of drug-likeness (QED) is 0.184. The lowest BCUT2D eigenvalue weighted by molar-refractivity contribution is -0.143. The summed E-state index contributed by atoms with van der Waals surface area (Å²) in [6.45, 7) is 0.906. The zero-order valence-corrected chi connectivity index (χ0v) is 22.5. The molecule has 2 aromatic rings. The molecule has 0 aromatic heterocycles. The molecule has 1 fully saturated rings. The first-order valence-electron chi connectivity index (χ1n) is 13.6. The number of benzene rings is 2. The standard InChI is InChI=1S/C29H39N5O6/c30-15-5-4-9-22(31)28(38)34-16-6-10-25(34)27(37)32-23(17-19-7-2-1-3-8-19)26(36)33-24(29(39)40)18-20-11-13-21(35)14-12-20/h1-3,7-8,11-14,22-25,35H,4-6,9-10,15-18,30-31H2,(H,32,37)(H,33,36)(H,39,40). The first-order valence-corrected chi connectivity index (χ1v) is 13.6. The second-order valence-electron chi connectivity index (χ2n) is 10.1. The number of nitrogens with one attached hydrogen (secondary N) is 2. The number of carbonyl (C=O) groups is 4. The fourth-order valence-corrected chi connectivity index (χ4v) is 4.82. The number of carboxylic acids is 1. The van der Waals surface area contributed by atoms with Gasteiger partial charge in [0.15, 0.2) is 0 Å². The van der Waals surface area contributed by atoms with E-state index in [-0.39, 0.29) is 24.5 Å². The van der Waals surface area contributed by atoms with Crippen LogP contribution in [0.15, 0.2) is 54.6 Å². The fourth-order valence-electron chi connectivity index (χ4n) is 4.82. The number of nitrogens with zero attached hydrogens (tertiary/aromatic N) is 1. The molecular formula is C29H39N5O6. The van der Waals surface area contributed by atoms with E-state index in [1.54, 1.807) is 24.3 Å². The van der Waals surface area contributed by atoms with Gasteiger partial charge in [0.25, 0.3) is 0 Å². The minimum Gasteiger partial charge on any atom is -0.508 e. The first kappa shape index (κ1) is 30.6. The minimum absolute atomic E-state index is 0.0136. The molecular weight excluding hydrogens is 514 g/mol. The highest BCUT2D eigenvalue weighted by atomic mass is 16.4. The summed E-state index contributed by atoms with van der Waals surface area (Å²) in [6.07, 6.45) is 3.11. The molecule has 0 spiro atoms. The highest BCUT2D eigenvalue weighted by Gasteiger charge is 2.38. The van der Waals surface area contributed by atoms with E-state index in [1.807, 2.05) is 18.2 Å². The molecule has 8 N–H and O–H groups in total. The zero-order valence-electron chi connectivity index (χ0n) is 22.5. The van der Waals surface area contributed by atoms with Crippen LogP contribution in [0.2, 0.25) is 0 Å². The molecule has 0 saturated carbocycles. The Bertz CT molecular complexity index is 1140. The second-order valence-corrected chi connectivity index (χ2v) is 10.1. The Morgan fingerprint density at radius 2 is 1.57 bits per heavy atom. The number of rotatable bonds is 14. The largest absolute Gasteiger partial charge is 0.508 e. The van der Waals surface area contributed by atoms with Crippen molar-refractivity contribution in [2.45, 2.75) is 69.1 Å². The molecule has 216 valence electrons. The van der Waals surface area contributed by atoms with Crippen molar-refractivity contribution in [1.82, 2.24) is 15.5 Å². The molecule has 1 heterocycles. The fraction of sp³-hybridized carbons (Fsp3) is 0.448. The van der Waals surface area contributed by atoms with Gasteiger partial charge in [-0.05, 0) is 55.5 Å². The second kappa shape index (κ2) is 15.0. The normalized spacial score (nSPS) is 17.1. The summed E-state index contributed by atoms with van der Waals surface area (Å²) in [5.74, 6) is -2.64. The molecule has 0 aliphatic carbocycles. The summed E-state index contributed by atoms with van der Waals surface area (Å²) in [4.78, 5) is 53.3. The number of aliphatic carboxylic acids is 1. The van der Waals surface area contributed by atoms with Crippen molar-refractivity contribution < 1.29 is 29.4 Å². The molecule has 1 aliphatic rings.